The highest BCUT2D eigenvalue weighted by Gasteiger charge is 2.32. The second-order valence-electron chi connectivity index (χ2n) is 6.57. The van der Waals surface area contributed by atoms with Gasteiger partial charge in [-0.1, -0.05) is 24.3 Å². The van der Waals surface area contributed by atoms with Crippen molar-refractivity contribution in [2.45, 2.75) is 26.0 Å². The van der Waals surface area contributed by atoms with E-state index in [2.05, 4.69) is 24.4 Å². The summed E-state index contributed by atoms with van der Waals surface area (Å²) in [6.07, 6.45) is -0.106. The molecule has 1 N–H and O–H groups in total. The molecule has 2 saturated heterocycles. The molecule has 0 spiro atoms. The van der Waals surface area contributed by atoms with Gasteiger partial charge >= 0.3 is 0 Å². The van der Waals surface area contributed by atoms with Crippen molar-refractivity contribution >= 4 is 11.8 Å². The zero-order valence-electron chi connectivity index (χ0n) is 14.3. The summed E-state index contributed by atoms with van der Waals surface area (Å²) >= 11 is 0. The van der Waals surface area contributed by atoms with E-state index in [0.717, 1.165) is 12.1 Å². The number of morpholine rings is 1. The predicted octanol–water partition coefficient (Wildman–Crippen LogP) is 0.715. The van der Waals surface area contributed by atoms with Crippen molar-refractivity contribution in [1.29, 1.82) is 0 Å². The average molecular weight is 331 g/mol. The van der Waals surface area contributed by atoms with Crippen LogP contribution < -0.4 is 5.32 Å². The molecule has 2 heterocycles. The largest absolute Gasteiger partial charge is 0.370 e. The number of amides is 2. The smallest absolute Gasteiger partial charge is 0.242 e. The molecule has 0 aliphatic carbocycles. The summed E-state index contributed by atoms with van der Waals surface area (Å²) < 4.78 is 5.96. The van der Waals surface area contributed by atoms with Crippen LogP contribution in [0.4, 0.5) is 0 Å². The predicted molar refractivity (Wildman–Crippen MR) is 90.5 cm³/mol. The Morgan fingerprint density at radius 1 is 1.38 bits per heavy atom. The summed E-state index contributed by atoms with van der Waals surface area (Å²) in [5.74, 6) is -0.00870. The molecule has 0 radical (unpaired) electrons. The van der Waals surface area contributed by atoms with Gasteiger partial charge in [0.25, 0.3) is 0 Å². The SMILES string of the molecule is Cc1ccccc1[C@@H]1CN(C(=O)CN2CCNCC2=O)[C@H](C)CO1. The third kappa shape index (κ3) is 3.60. The lowest BCUT2D eigenvalue weighted by molar-refractivity contribution is -0.149. The van der Waals surface area contributed by atoms with Crippen molar-refractivity contribution in [3.05, 3.63) is 35.4 Å². The Hall–Kier alpha value is -1.92. The fourth-order valence-electron chi connectivity index (χ4n) is 3.31. The van der Waals surface area contributed by atoms with Gasteiger partial charge in [-0.3, -0.25) is 9.59 Å². The Bertz CT molecular complexity index is 619. The minimum absolute atomic E-state index is 0.000339. The Balaban J connectivity index is 1.68. The highest BCUT2D eigenvalue weighted by atomic mass is 16.5. The molecule has 24 heavy (non-hydrogen) atoms. The molecule has 2 atom stereocenters. The van der Waals surface area contributed by atoms with Crippen molar-refractivity contribution in [2.24, 2.45) is 0 Å². The molecule has 1 aromatic rings. The van der Waals surface area contributed by atoms with E-state index in [1.54, 1.807) is 4.90 Å². The highest BCUT2D eigenvalue weighted by Crippen LogP contribution is 2.27. The molecule has 0 bridgehead atoms. The minimum atomic E-state index is -0.106. The number of nitrogens with one attached hydrogen (secondary N) is 1. The fraction of sp³-hybridized carbons (Fsp3) is 0.556. The molecule has 2 fully saturated rings. The van der Waals surface area contributed by atoms with E-state index in [0.29, 0.717) is 26.2 Å². The van der Waals surface area contributed by atoms with E-state index in [-0.39, 0.29) is 30.5 Å². The quantitative estimate of drug-likeness (QED) is 0.886. The molecule has 0 unspecified atom stereocenters. The number of aryl methyl sites for hydroxylation is 1. The molecular formula is C18H25N3O3. The van der Waals surface area contributed by atoms with Gasteiger partial charge in [-0.05, 0) is 25.0 Å². The normalized spacial score (nSPS) is 25.0. The third-order valence-electron chi connectivity index (χ3n) is 4.80. The molecule has 2 aliphatic heterocycles. The maximum Gasteiger partial charge on any atom is 0.242 e. The van der Waals surface area contributed by atoms with Crippen molar-refractivity contribution in [2.75, 3.05) is 39.3 Å². The molecule has 2 amide bonds. The molecule has 6 nitrogen and oxygen atoms in total. The Kier molecular flexibility index (Phi) is 5.16. The van der Waals surface area contributed by atoms with Gasteiger partial charge in [-0.2, -0.15) is 0 Å². The van der Waals surface area contributed by atoms with Gasteiger partial charge in [-0.15, -0.1) is 0 Å². The second-order valence-corrected chi connectivity index (χ2v) is 6.57. The minimum Gasteiger partial charge on any atom is -0.370 e. The van der Waals surface area contributed by atoms with Gasteiger partial charge < -0.3 is 19.9 Å². The van der Waals surface area contributed by atoms with Crippen LogP contribution in [-0.4, -0.2) is 67.0 Å². The van der Waals surface area contributed by atoms with Crippen LogP contribution in [0.5, 0.6) is 0 Å². The lowest BCUT2D eigenvalue weighted by Crippen LogP contribution is -2.55. The molecule has 0 saturated carbocycles. The van der Waals surface area contributed by atoms with E-state index < -0.39 is 0 Å². The van der Waals surface area contributed by atoms with Crippen LogP contribution in [0, 0.1) is 6.92 Å². The second kappa shape index (κ2) is 7.32. The van der Waals surface area contributed by atoms with Crippen LogP contribution in [0.1, 0.15) is 24.2 Å². The summed E-state index contributed by atoms with van der Waals surface area (Å²) in [4.78, 5) is 28.1. The van der Waals surface area contributed by atoms with Crippen LogP contribution >= 0.6 is 0 Å². The number of nitrogens with zero attached hydrogens (tertiary/aromatic N) is 2. The molecule has 2 aliphatic rings. The standard InChI is InChI=1S/C18H25N3O3/c1-13-5-3-4-6-15(13)16-10-21(14(2)12-24-16)18(23)11-20-8-7-19-9-17(20)22/h3-6,14,16,19H,7-12H2,1-2H3/t14-,16+/m1/s1. The van der Waals surface area contributed by atoms with Crippen molar-refractivity contribution < 1.29 is 14.3 Å². The lowest BCUT2D eigenvalue weighted by Gasteiger charge is -2.40. The third-order valence-corrected chi connectivity index (χ3v) is 4.80. The molecule has 0 aromatic heterocycles. The van der Waals surface area contributed by atoms with Gasteiger partial charge in [0.2, 0.25) is 11.8 Å². The van der Waals surface area contributed by atoms with Gasteiger partial charge in [0, 0.05) is 13.1 Å². The van der Waals surface area contributed by atoms with E-state index in [9.17, 15) is 9.59 Å². The van der Waals surface area contributed by atoms with Crippen LogP contribution in [0.15, 0.2) is 24.3 Å². The number of piperazine rings is 1. The van der Waals surface area contributed by atoms with Crippen molar-refractivity contribution in [3.8, 4) is 0 Å². The highest BCUT2D eigenvalue weighted by molar-refractivity contribution is 5.86. The fourth-order valence-corrected chi connectivity index (χ4v) is 3.31. The summed E-state index contributed by atoms with van der Waals surface area (Å²) in [5, 5.41) is 3.02. The van der Waals surface area contributed by atoms with Gasteiger partial charge in [0.1, 0.15) is 6.10 Å². The van der Waals surface area contributed by atoms with Crippen molar-refractivity contribution in [3.63, 3.8) is 0 Å². The number of hydrogen-bond donors (Lipinski definition) is 1. The Morgan fingerprint density at radius 3 is 2.92 bits per heavy atom. The Morgan fingerprint density at radius 2 is 2.17 bits per heavy atom. The van der Waals surface area contributed by atoms with Crippen LogP contribution in [0.2, 0.25) is 0 Å². The number of ether oxygens (including phenoxy) is 1. The molecule has 1 aromatic carbocycles. The summed E-state index contributed by atoms with van der Waals surface area (Å²) in [7, 11) is 0. The molecular weight excluding hydrogens is 306 g/mol. The summed E-state index contributed by atoms with van der Waals surface area (Å²) in [6.45, 7) is 6.90. The number of benzene rings is 1. The number of hydrogen-bond acceptors (Lipinski definition) is 4. The lowest BCUT2D eigenvalue weighted by atomic mass is 10.0. The van der Waals surface area contributed by atoms with Gasteiger partial charge in [0.15, 0.2) is 0 Å². The summed E-state index contributed by atoms with van der Waals surface area (Å²) in [5.41, 5.74) is 2.29. The topological polar surface area (TPSA) is 61.9 Å². The zero-order chi connectivity index (χ0) is 17.1. The van der Waals surface area contributed by atoms with Crippen LogP contribution in [-0.2, 0) is 14.3 Å². The number of carbonyl (C=O) groups is 2. The Labute approximate surface area is 142 Å². The first-order valence-electron chi connectivity index (χ1n) is 8.51. The van der Waals surface area contributed by atoms with Gasteiger partial charge in [0.05, 0.1) is 32.3 Å². The van der Waals surface area contributed by atoms with Crippen molar-refractivity contribution in [1.82, 2.24) is 15.1 Å². The van der Waals surface area contributed by atoms with E-state index in [1.807, 2.05) is 24.0 Å². The zero-order valence-corrected chi connectivity index (χ0v) is 14.3. The first-order valence-corrected chi connectivity index (χ1v) is 8.51. The first kappa shape index (κ1) is 16.9. The molecule has 3 rings (SSSR count). The maximum atomic E-state index is 12.7. The molecule has 6 heteroatoms. The summed E-state index contributed by atoms with van der Waals surface area (Å²) in [6, 6.07) is 8.13. The van der Waals surface area contributed by atoms with E-state index >= 15 is 0 Å². The number of rotatable bonds is 3. The van der Waals surface area contributed by atoms with Gasteiger partial charge in [-0.25, -0.2) is 0 Å². The monoisotopic (exact) mass is 331 g/mol. The van der Waals surface area contributed by atoms with E-state index in [4.69, 9.17) is 4.74 Å². The maximum absolute atomic E-state index is 12.7. The van der Waals surface area contributed by atoms with Crippen LogP contribution in [0.25, 0.3) is 0 Å². The first-order chi connectivity index (χ1) is 11.6. The van der Waals surface area contributed by atoms with E-state index in [1.165, 1.54) is 5.56 Å². The van der Waals surface area contributed by atoms with Crippen LogP contribution in [0.3, 0.4) is 0 Å². The molecule has 130 valence electrons. The number of carbonyl (C=O) groups excluding carboxylic acids is 2. The average Bonchev–Trinajstić information content (AvgIpc) is 2.58.